The Hall–Kier alpha value is -1.80. The summed E-state index contributed by atoms with van der Waals surface area (Å²) in [4.78, 5) is 46.8. The van der Waals surface area contributed by atoms with Crippen molar-refractivity contribution >= 4 is 29.5 Å². The summed E-state index contributed by atoms with van der Waals surface area (Å²) in [7, 11) is 1.74. The Bertz CT molecular complexity index is 828. The average Bonchev–Trinajstić information content (AvgIpc) is 3.33. The first kappa shape index (κ1) is 25.8. The van der Waals surface area contributed by atoms with E-state index in [4.69, 9.17) is 0 Å². The lowest BCUT2D eigenvalue weighted by molar-refractivity contribution is -0.147. The van der Waals surface area contributed by atoms with E-state index >= 15 is 0 Å². The maximum absolute atomic E-state index is 14.1. The fourth-order valence-corrected chi connectivity index (χ4v) is 8.53. The minimum atomic E-state index is -0.705. The second-order valence-electron chi connectivity index (χ2n) is 10.1. The molecule has 8 heteroatoms. The molecule has 3 rings (SSSR count). The summed E-state index contributed by atoms with van der Waals surface area (Å²) < 4.78 is -1.07. The fourth-order valence-electron chi connectivity index (χ4n) is 6.20. The van der Waals surface area contributed by atoms with E-state index in [0.717, 1.165) is 6.42 Å². The van der Waals surface area contributed by atoms with E-state index in [1.165, 1.54) is 0 Å². The number of carbonyl (C=O) groups excluding carboxylic acids is 3. The molecule has 6 atom stereocenters. The van der Waals surface area contributed by atoms with Gasteiger partial charge in [-0.2, -0.15) is 0 Å². The van der Waals surface area contributed by atoms with Crippen molar-refractivity contribution in [3.63, 3.8) is 0 Å². The second-order valence-corrected chi connectivity index (χ2v) is 12.0. The van der Waals surface area contributed by atoms with Gasteiger partial charge in [-0.3, -0.25) is 14.4 Å². The molecule has 0 saturated carbocycles. The highest BCUT2D eigenvalue weighted by Crippen LogP contribution is 2.71. The van der Waals surface area contributed by atoms with Crippen LogP contribution >= 0.6 is 11.8 Å². The zero-order valence-corrected chi connectivity index (χ0v) is 21.4. The minimum absolute atomic E-state index is 0.0625. The van der Waals surface area contributed by atoms with E-state index in [-0.39, 0.29) is 30.4 Å². The summed E-state index contributed by atoms with van der Waals surface area (Å²) in [5, 5.41) is 10.1. The summed E-state index contributed by atoms with van der Waals surface area (Å²) in [6.45, 7) is 16.0. The highest BCUT2D eigenvalue weighted by atomic mass is 32.2. The smallest absolute Gasteiger partial charge is 0.247 e. The molecule has 1 N–H and O–H groups in total. The van der Waals surface area contributed by atoms with Gasteiger partial charge >= 0.3 is 0 Å². The molecule has 7 nitrogen and oxygen atoms in total. The van der Waals surface area contributed by atoms with Crippen LogP contribution in [0.4, 0.5) is 0 Å². The van der Waals surface area contributed by atoms with E-state index in [9.17, 15) is 19.5 Å². The summed E-state index contributed by atoms with van der Waals surface area (Å²) in [6.07, 6.45) is 5.40. The standard InChI is InChI=1S/C25H39N3O4S/c1-8-13-26(7)21(30)18-19-22(31)28(17(10-3)15-29)20(23(32)27(14-9-2)16(4)5)25(19)12-11-24(18,6)33-25/h8-9,16-20,29H,1-2,10-15H2,3-7H3/t17-,18+,19-,20?,24-,25?/m0/s1. The lowest BCUT2D eigenvalue weighted by atomic mass is 9.66. The monoisotopic (exact) mass is 477 g/mol. The molecule has 184 valence electrons. The van der Waals surface area contributed by atoms with Crippen molar-refractivity contribution in [1.29, 1.82) is 0 Å². The third-order valence-corrected chi connectivity index (χ3v) is 9.79. The van der Waals surface area contributed by atoms with E-state index in [1.54, 1.807) is 45.7 Å². The molecule has 0 aliphatic carbocycles. The molecule has 2 unspecified atom stereocenters. The number of hydrogen-bond acceptors (Lipinski definition) is 5. The number of likely N-dealkylation sites (tertiary alicyclic amines) is 1. The van der Waals surface area contributed by atoms with Crippen LogP contribution in [0.3, 0.4) is 0 Å². The number of hydrogen-bond donors (Lipinski definition) is 1. The largest absolute Gasteiger partial charge is 0.394 e. The molecule has 0 aromatic carbocycles. The zero-order chi connectivity index (χ0) is 24.7. The van der Waals surface area contributed by atoms with Crippen LogP contribution in [-0.2, 0) is 14.4 Å². The van der Waals surface area contributed by atoms with Gasteiger partial charge in [0.2, 0.25) is 17.7 Å². The van der Waals surface area contributed by atoms with E-state index in [1.807, 2.05) is 20.8 Å². The quantitative estimate of drug-likeness (QED) is 0.489. The van der Waals surface area contributed by atoms with E-state index in [2.05, 4.69) is 20.1 Å². The van der Waals surface area contributed by atoms with E-state index in [0.29, 0.717) is 25.9 Å². The molecule has 33 heavy (non-hydrogen) atoms. The van der Waals surface area contributed by atoms with Gasteiger partial charge < -0.3 is 19.8 Å². The molecule has 3 aliphatic rings. The Morgan fingerprint density at radius 2 is 1.88 bits per heavy atom. The van der Waals surface area contributed by atoms with E-state index < -0.39 is 33.4 Å². The Balaban J connectivity index is 2.14. The molecule has 3 aliphatic heterocycles. The number of likely N-dealkylation sites (N-methyl/N-ethyl adjacent to an activating group) is 1. The number of rotatable bonds is 10. The number of carbonyl (C=O) groups is 3. The highest BCUT2D eigenvalue weighted by molar-refractivity contribution is 8.02. The first-order valence-corrected chi connectivity index (χ1v) is 12.8. The molecule has 3 heterocycles. The topological polar surface area (TPSA) is 81.2 Å². The van der Waals surface area contributed by atoms with Crippen LogP contribution in [0.25, 0.3) is 0 Å². The normalized spacial score (nSPS) is 33.2. The SMILES string of the molecule is C=CCN(C)C(=O)[C@H]1[C@H]2C(=O)N([C@@H](CC)CO)C(C(=O)N(CC=C)C(C)C)C23CC[C@]1(C)S3. The summed E-state index contributed by atoms with van der Waals surface area (Å²) in [5.74, 6) is -1.43. The molecule has 2 bridgehead atoms. The predicted molar refractivity (Wildman–Crippen MR) is 132 cm³/mol. The Kier molecular flexibility index (Phi) is 7.39. The number of aliphatic hydroxyl groups is 1. The summed E-state index contributed by atoms with van der Waals surface area (Å²) in [6, 6.07) is -1.23. The molecule has 1 spiro atoms. The Morgan fingerprint density at radius 3 is 2.39 bits per heavy atom. The lowest BCUT2D eigenvalue weighted by Crippen LogP contribution is -2.58. The molecular formula is C25H39N3O4S. The zero-order valence-electron chi connectivity index (χ0n) is 20.6. The maximum atomic E-state index is 14.1. The number of aliphatic hydroxyl groups excluding tert-OH is 1. The maximum Gasteiger partial charge on any atom is 0.247 e. The van der Waals surface area contributed by atoms with Crippen molar-refractivity contribution in [2.45, 2.75) is 74.6 Å². The van der Waals surface area contributed by atoms with Crippen molar-refractivity contribution < 1.29 is 19.5 Å². The van der Waals surface area contributed by atoms with Crippen LogP contribution in [0.15, 0.2) is 25.3 Å². The van der Waals surface area contributed by atoms with Gasteiger partial charge in [0, 0.05) is 30.9 Å². The molecule has 3 fully saturated rings. The molecule has 0 radical (unpaired) electrons. The van der Waals surface area contributed by atoms with Gasteiger partial charge in [0.25, 0.3) is 0 Å². The average molecular weight is 478 g/mol. The number of nitrogens with zero attached hydrogens (tertiary/aromatic N) is 3. The third-order valence-electron chi connectivity index (χ3n) is 7.80. The van der Waals surface area contributed by atoms with Crippen molar-refractivity contribution in [2.75, 3.05) is 26.7 Å². The van der Waals surface area contributed by atoms with Gasteiger partial charge in [-0.1, -0.05) is 19.1 Å². The molecule has 3 saturated heterocycles. The lowest BCUT2D eigenvalue weighted by Gasteiger charge is -2.40. The van der Waals surface area contributed by atoms with Crippen LogP contribution < -0.4 is 0 Å². The molecule has 3 amide bonds. The second kappa shape index (κ2) is 9.45. The Morgan fingerprint density at radius 1 is 1.24 bits per heavy atom. The van der Waals surface area contributed by atoms with Gasteiger partial charge in [0.15, 0.2) is 0 Å². The van der Waals surface area contributed by atoms with Crippen LogP contribution in [0.1, 0.15) is 47.0 Å². The van der Waals surface area contributed by atoms with Crippen molar-refractivity contribution in [3.8, 4) is 0 Å². The number of thioether (sulfide) groups is 1. The van der Waals surface area contributed by atoms with Gasteiger partial charge in [-0.05, 0) is 40.0 Å². The Labute approximate surface area is 202 Å². The molecular weight excluding hydrogens is 438 g/mol. The number of fused-ring (bicyclic) bond motifs is 1. The van der Waals surface area contributed by atoms with Gasteiger partial charge in [0.1, 0.15) is 6.04 Å². The van der Waals surface area contributed by atoms with Crippen LogP contribution in [0.2, 0.25) is 0 Å². The fraction of sp³-hybridized carbons (Fsp3) is 0.720. The molecule has 0 aromatic rings. The van der Waals surface area contributed by atoms with Gasteiger partial charge in [-0.15, -0.1) is 24.9 Å². The third kappa shape index (κ3) is 3.83. The van der Waals surface area contributed by atoms with Crippen LogP contribution in [-0.4, -0.2) is 91.9 Å². The first-order chi connectivity index (χ1) is 15.5. The van der Waals surface area contributed by atoms with Crippen molar-refractivity contribution in [2.24, 2.45) is 11.8 Å². The van der Waals surface area contributed by atoms with Crippen LogP contribution in [0, 0.1) is 11.8 Å². The highest BCUT2D eigenvalue weighted by Gasteiger charge is 2.77. The number of amides is 3. The van der Waals surface area contributed by atoms with Crippen molar-refractivity contribution in [3.05, 3.63) is 25.3 Å². The first-order valence-electron chi connectivity index (χ1n) is 11.9. The minimum Gasteiger partial charge on any atom is -0.394 e. The summed E-state index contributed by atoms with van der Waals surface area (Å²) in [5.41, 5.74) is 0. The summed E-state index contributed by atoms with van der Waals surface area (Å²) >= 11 is 1.66. The predicted octanol–water partition coefficient (Wildman–Crippen LogP) is 2.31. The van der Waals surface area contributed by atoms with Crippen LogP contribution in [0.5, 0.6) is 0 Å². The molecule has 0 aromatic heterocycles. The van der Waals surface area contributed by atoms with Gasteiger partial charge in [0.05, 0.1) is 29.2 Å². The van der Waals surface area contributed by atoms with Gasteiger partial charge in [-0.25, -0.2) is 0 Å². The van der Waals surface area contributed by atoms with Crippen molar-refractivity contribution in [1.82, 2.24) is 14.7 Å².